The summed E-state index contributed by atoms with van der Waals surface area (Å²) in [5, 5.41) is 0. The fourth-order valence-electron chi connectivity index (χ4n) is 1.14. The van der Waals surface area contributed by atoms with E-state index >= 15 is 0 Å². The van der Waals surface area contributed by atoms with Gasteiger partial charge in [0.15, 0.2) is 0 Å². The number of benzene rings is 1. The summed E-state index contributed by atoms with van der Waals surface area (Å²) >= 11 is 3.24. The van der Waals surface area contributed by atoms with Gasteiger partial charge in [-0.1, -0.05) is 6.07 Å². The molecule has 6 heteroatoms. The van der Waals surface area contributed by atoms with E-state index in [1.165, 1.54) is 0 Å². The summed E-state index contributed by atoms with van der Waals surface area (Å²) in [6.45, 7) is 3.87. The average molecular weight is 307 g/mol. The van der Waals surface area contributed by atoms with Crippen LogP contribution >= 0.6 is 15.9 Å². The van der Waals surface area contributed by atoms with Crippen LogP contribution in [-0.2, 0) is 10.0 Å². The van der Waals surface area contributed by atoms with E-state index in [0.29, 0.717) is 4.47 Å². The minimum Gasteiger partial charge on any atom is -0.327 e. The number of aryl methyl sites for hydroxylation is 1. The van der Waals surface area contributed by atoms with Crippen LogP contribution in [-0.4, -0.2) is 21.0 Å². The Morgan fingerprint density at radius 2 is 2.12 bits per heavy atom. The van der Waals surface area contributed by atoms with E-state index in [2.05, 4.69) is 20.7 Å². The fraction of sp³-hybridized carbons (Fsp3) is 0.400. The Bertz CT molecular complexity index is 472. The van der Waals surface area contributed by atoms with Gasteiger partial charge in [0.25, 0.3) is 0 Å². The molecule has 0 aliphatic heterocycles. The molecule has 0 saturated carbocycles. The molecule has 1 rings (SSSR count). The Kier molecular flexibility index (Phi) is 4.49. The lowest BCUT2D eigenvalue weighted by Crippen LogP contribution is -2.35. The number of sulfonamides is 1. The van der Waals surface area contributed by atoms with Crippen molar-refractivity contribution in [3.8, 4) is 0 Å². The molecule has 1 aromatic carbocycles. The molecule has 0 aliphatic carbocycles. The van der Waals surface area contributed by atoms with Crippen LogP contribution in [0.4, 0.5) is 0 Å². The summed E-state index contributed by atoms with van der Waals surface area (Å²) in [5.41, 5.74) is 6.50. The summed E-state index contributed by atoms with van der Waals surface area (Å²) in [6.07, 6.45) is 0. The van der Waals surface area contributed by atoms with Crippen LogP contribution in [0.5, 0.6) is 0 Å². The van der Waals surface area contributed by atoms with Crippen LogP contribution < -0.4 is 10.5 Å². The standard InChI is InChI=1S/C10H15BrN2O2S/c1-7-3-4-10(9(11)5-7)16(14,15)13-6-8(2)12/h3-5,8,13H,6,12H2,1-2H3. The van der Waals surface area contributed by atoms with Gasteiger partial charge in [-0.3, -0.25) is 0 Å². The van der Waals surface area contributed by atoms with Gasteiger partial charge in [0.2, 0.25) is 10.0 Å². The van der Waals surface area contributed by atoms with Gasteiger partial charge in [-0.15, -0.1) is 0 Å². The highest BCUT2D eigenvalue weighted by Crippen LogP contribution is 2.22. The maximum Gasteiger partial charge on any atom is 0.241 e. The first-order chi connectivity index (χ1) is 7.33. The van der Waals surface area contributed by atoms with Crippen molar-refractivity contribution in [2.75, 3.05) is 6.54 Å². The molecule has 90 valence electrons. The summed E-state index contributed by atoms with van der Waals surface area (Å²) in [7, 11) is -3.48. The van der Waals surface area contributed by atoms with Crippen LogP contribution in [0.25, 0.3) is 0 Å². The molecule has 0 amide bonds. The third-order valence-electron chi connectivity index (χ3n) is 1.97. The molecule has 0 saturated heterocycles. The highest BCUT2D eigenvalue weighted by molar-refractivity contribution is 9.10. The highest BCUT2D eigenvalue weighted by atomic mass is 79.9. The zero-order valence-electron chi connectivity index (χ0n) is 9.20. The Hall–Kier alpha value is -0.430. The molecular weight excluding hydrogens is 292 g/mol. The third-order valence-corrected chi connectivity index (χ3v) is 4.37. The SMILES string of the molecule is Cc1ccc(S(=O)(=O)NCC(C)N)c(Br)c1. The van der Waals surface area contributed by atoms with Crippen LogP contribution in [0.15, 0.2) is 27.6 Å². The van der Waals surface area contributed by atoms with Gasteiger partial charge in [-0.05, 0) is 47.5 Å². The van der Waals surface area contributed by atoms with Gasteiger partial charge in [0, 0.05) is 17.1 Å². The smallest absolute Gasteiger partial charge is 0.241 e. The number of rotatable bonds is 4. The van der Waals surface area contributed by atoms with Crippen LogP contribution in [0.3, 0.4) is 0 Å². The molecular formula is C10H15BrN2O2S. The van der Waals surface area contributed by atoms with E-state index in [1.54, 1.807) is 25.1 Å². The molecule has 4 nitrogen and oxygen atoms in total. The van der Waals surface area contributed by atoms with Gasteiger partial charge in [-0.25, -0.2) is 13.1 Å². The van der Waals surface area contributed by atoms with Gasteiger partial charge >= 0.3 is 0 Å². The van der Waals surface area contributed by atoms with E-state index in [1.807, 2.05) is 6.92 Å². The molecule has 16 heavy (non-hydrogen) atoms. The van der Waals surface area contributed by atoms with E-state index in [-0.39, 0.29) is 17.5 Å². The van der Waals surface area contributed by atoms with Crippen LogP contribution in [0.1, 0.15) is 12.5 Å². The Morgan fingerprint density at radius 1 is 1.50 bits per heavy atom. The highest BCUT2D eigenvalue weighted by Gasteiger charge is 2.17. The average Bonchev–Trinajstić information content (AvgIpc) is 2.14. The summed E-state index contributed by atoms with van der Waals surface area (Å²) in [5.74, 6) is 0. The summed E-state index contributed by atoms with van der Waals surface area (Å²) in [4.78, 5) is 0.235. The minimum atomic E-state index is -3.48. The molecule has 1 atom stereocenters. The molecule has 0 bridgehead atoms. The lowest BCUT2D eigenvalue weighted by Gasteiger charge is -2.10. The van der Waals surface area contributed by atoms with E-state index in [4.69, 9.17) is 5.73 Å². The Labute approximate surface area is 104 Å². The first-order valence-corrected chi connectivity index (χ1v) is 7.12. The number of nitrogens with two attached hydrogens (primary N) is 1. The van der Waals surface area contributed by atoms with E-state index < -0.39 is 10.0 Å². The normalized spacial score (nSPS) is 13.8. The van der Waals surface area contributed by atoms with Gasteiger partial charge in [0.05, 0.1) is 4.90 Å². The van der Waals surface area contributed by atoms with Crippen molar-refractivity contribution in [1.82, 2.24) is 4.72 Å². The Morgan fingerprint density at radius 3 is 2.62 bits per heavy atom. The second-order valence-corrected chi connectivity index (χ2v) is 6.35. The summed E-state index contributed by atoms with van der Waals surface area (Å²) < 4.78 is 26.8. The molecule has 0 aromatic heterocycles. The number of halogens is 1. The number of nitrogens with one attached hydrogen (secondary N) is 1. The second kappa shape index (κ2) is 5.27. The number of hydrogen-bond donors (Lipinski definition) is 2. The van der Waals surface area contributed by atoms with Crippen molar-refractivity contribution in [3.63, 3.8) is 0 Å². The van der Waals surface area contributed by atoms with Crippen LogP contribution in [0, 0.1) is 6.92 Å². The molecule has 1 unspecified atom stereocenters. The quantitative estimate of drug-likeness (QED) is 0.883. The third kappa shape index (κ3) is 3.55. The van der Waals surface area contributed by atoms with Crippen molar-refractivity contribution in [1.29, 1.82) is 0 Å². The first kappa shape index (κ1) is 13.6. The molecule has 0 heterocycles. The van der Waals surface area contributed by atoms with Gasteiger partial charge in [0.1, 0.15) is 0 Å². The van der Waals surface area contributed by atoms with Crippen molar-refractivity contribution in [2.24, 2.45) is 5.73 Å². The Balaban J connectivity index is 2.99. The fourth-order valence-corrected chi connectivity index (χ4v) is 3.48. The maximum absolute atomic E-state index is 11.9. The van der Waals surface area contributed by atoms with Crippen molar-refractivity contribution in [3.05, 3.63) is 28.2 Å². The lowest BCUT2D eigenvalue weighted by molar-refractivity contribution is 0.573. The van der Waals surface area contributed by atoms with Crippen molar-refractivity contribution < 1.29 is 8.42 Å². The summed E-state index contributed by atoms with van der Waals surface area (Å²) in [6, 6.07) is 4.88. The van der Waals surface area contributed by atoms with Crippen molar-refractivity contribution >= 4 is 26.0 Å². The largest absolute Gasteiger partial charge is 0.327 e. The van der Waals surface area contributed by atoms with Gasteiger partial charge < -0.3 is 5.73 Å². The molecule has 0 fully saturated rings. The van der Waals surface area contributed by atoms with Crippen LogP contribution in [0.2, 0.25) is 0 Å². The molecule has 0 radical (unpaired) electrons. The number of hydrogen-bond acceptors (Lipinski definition) is 3. The second-order valence-electron chi connectivity index (χ2n) is 3.76. The molecule has 0 spiro atoms. The maximum atomic E-state index is 11.9. The lowest BCUT2D eigenvalue weighted by atomic mass is 10.2. The molecule has 3 N–H and O–H groups in total. The monoisotopic (exact) mass is 306 g/mol. The van der Waals surface area contributed by atoms with E-state index in [0.717, 1.165) is 5.56 Å². The molecule has 1 aromatic rings. The first-order valence-electron chi connectivity index (χ1n) is 4.84. The molecule has 0 aliphatic rings. The topological polar surface area (TPSA) is 72.2 Å². The minimum absolute atomic E-state index is 0.209. The predicted molar refractivity (Wildman–Crippen MR) is 67.7 cm³/mol. The predicted octanol–water partition coefficient (Wildman–Crippen LogP) is 1.38. The zero-order valence-corrected chi connectivity index (χ0v) is 11.6. The van der Waals surface area contributed by atoms with E-state index in [9.17, 15) is 8.42 Å². The van der Waals surface area contributed by atoms with Crippen molar-refractivity contribution in [2.45, 2.75) is 24.8 Å². The van der Waals surface area contributed by atoms with Gasteiger partial charge in [-0.2, -0.15) is 0 Å². The zero-order chi connectivity index (χ0) is 12.3.